The molecule has 0 aromatic heterocycles. The fourth-order valence-electron chi connectivity index (χ4n) is 2.78. The topological polar surface area (TPSA) is 41.6 Å². The Balaban J connectivity index is 1.81. The Morgan fingerprint density at radius 1 is 1.35 bits per heavy atom. The number of rotatable bonds is 3. The minimum absolute atomic E-state index is 0.209. The summed E-state index contributed by atoms with van der Waals surface area (Å²) in [7, 11) is 0. The van der Waals surface area contributed by atoms with Crippen LogP contribution in [0.5, 0.6) is 0 Å². The zero-order chi connectivity index (χ0) is 17.0. The van der Waals surface area contributed by atoms with Crippen LogP contribution in [0.25, 0.3) is 0 Å². The van der Waals surface area contributed by atoms with Crippen molar-refractivity contribution >= 4 is 17.7 Å². The molecule has 1 aliphatic rings. The second-order valence-corrected chi connectivity index (χ2v) is 7.62. The monoisotopic (exact) mass is 338 g/mol. The number of hydrogen-bond donors (Lipinski definition) is 1. The number of nitrogens with one attached hydrogen (secondary N) is 1. The maximum absolute atomic E-state index is 12.1. The van der Waals surface area contributed by atoms with Gasteiger partial charge in [-0.3, -0.25) is 0 Å². The largest absolute Gasteiger partial charge is 0.444 e. The molecule has 0 unspecified atom stereocenters. The lowest BCUT2D eigenvalue weighted by Crippen LogP contribution is -2.46. The number of ether oxygens (including phenoxy) is 1. The van der Waals surface area contributed by atoms with Crippen LogP contribution >= 0.6 is 11.6 Å². The molecule has 0 saturated carbocycles. The van der Waals surface area contributed by atoms with Crippen molar-refractivity contribution in [3.63, 3.8) is 0 Å². The average Bonchev–Trinajstić information content (AvgIpc) is 2.46. The molecule has 1 saturated heterocycles. The number of hydrogen-bond acceptors (Lipinski definition) is 3. The molecule has 0 aliphatic carbocycles. The van der Waals surface area contributed by atoms with Gasteiger partial charge in [0.1, 0.15) is 5.60 Å². The van der Waals surface area contributed by atoms with Crippen molar-refractivity contribution in [1.29, 1.82) is 0 Å². The van der Waals surface area contributed by atoms with Crippen molar-refractivity contribution < 1.29 is 9.53 Å². The predicted molar refractivity (Wildman–Crippen MR) is 93.8 cm³/mol. The van der Waals surface area contributed by atoms with E-state index in [-0.39, 0.29) is 12.1 Å². The fourth-order valence-corrected chi connectivity index (χ4v) is 2.98. The van der Waals surface area contributed by atoms with Crippen LogP contribution in [0.3, 0.4) is 0 Å². The van der Waals surface area contributed by atoms with E-state index >= 15 is 0 Å². The van der Waals surface area contributed by atoms with Crippen molar-refractivity contribution in [2.75, 3.05) is 13.1 Å². The van der Waals surface area contributed by atoms with Gasteiger partial charge < -0.3 is 15.0 Å². The van der Waals surface area contributed by atoms with Gasteiger partial charge in [-0.2, -0.15) is 0 Å². The van der Waals surface area contributed by atoms with Crippen molar-refractivity contribution in [3.05, 3.63) is 34.9 Å². The van der Waals surface area contributed by atoms with E-state index in [2.05, 4.69) is 18.3 Å². The molecule has 1 aromatic carbocycles. The van der Waals surface area contributed by atoms with E-state index < -0.39 is 5.60 Å². The SMILES string of the molecule is C[C@H](NC1CCN(C(=O)OC(C)(C)C)CC1)c1cccc(Cl)c1. The molecule has 1 fully saturated rings. The number of likely N-dealkylation sites (tertiary alicyclic amines) is 1. The van der Waals surface area contributed by atoms with Crippen molar-refractivity contribution in [2.24, 2.45) is 0 Å². The number of carbonyl (C=O) groups is 1. The maximum Gasteiger partial charge on any atom is 0.410 e. The number of amides is 1. The molecular formula is C18H27ClN2O2. The molecule has 0 spiro atoms. The minimum Gasteiger partial charge on any atom is -0.444 e. The summed E-state index contributed by atoms with van der Waals surface area (Å²) in [4.78, 5) is 13.9. The quantitative estimate of drug-likeness (QED) is 0.888. The third kappa shape index (κ3) is 5.70. The summed E-state index contributed by atoms with van der Waals surface area (Å²) in [6, 6.07) is 8.58. The van der Waals surface area contributed by atoms with Gasteiger partial charge in [0.15, 0.2) is 0 Å². The van der Waals surface area contributed by atoms with Crippen LogP contribution in [0.1, 0.15) is 52.1 Å². The first-order chi connectivity index (χ1) is 10.7. The molecule has 4 nitrogen and oxygen atoms in total. The van der Waals surface area contributed by atoms with E-state index in [9.17, 15) is 4.79 Å². The number of nitrogens with zero attached hydrogens (tertiary/aromatic N) is 1. The second-order valence-electron chi connectivity index (χ2n) is 7.19. The van der Waals surface area contributed by atoms with Gasteiger partial charge in [-0.15, -0.1) is 0 Å². The van der Waals surface area contributed by atoms with E-state index in [4.69, 9.17) is 16.3 Å². The molecule has 1 heterocycles. The van der Waals surface area contributed by atoms with Crippen LogP contribution in [-0.4, -0.2) is 35.7 Å². The van der Waals surface area contributed by atoms with Gasteiger partial charge in [-0.05, 0) is 58.2 Å². The first kappa shape index (κ1) is 18.1. The van der Waals surface area contributed by atoms with Gasteiger partial charge >= 0.3 is 6.09 Å². The highest BCUT2D eigenvalue weighted by Gasteiger charge is 2.27. The van der Waals surface area contributed by atoms with E-state index in [0.29, 0.717) is 6.04 Å². The van der Waals surface area contributed by atoms with Crippen molar-refractivity contribution in [2.45, 2.75) is 58.2 Å². The maximum atomic E-state index is 12.1. The Morgan fingerprint density at radius 2 is 2.00 bits per heavy atom. The van der Waals surface area contributed by atoms with Crippen LogP contribution in [0.15, 0.2) is 24.3 Å². The van der Waals surface area contributed by atoms with Crippen LogP contribution in [-0.2, 0) is 4.74 Å². The lowest BCUT2D eigenvalue weighted by Gasteiger charge is -2.35. The molecule has 128 valence electrons. The summed E-state index contributed by atoms with van der Waals surface area (Å²) in [6.07, 6.45) is 1.66. The first-order valence-corrected chi connectivity index (χ1v) is 8.62. The fraction of sp³-hybridized carbons (Fsp3) is 0.611. The van der Waals surface area contributed by atoms with Gasteiger partial charge in [0.25, 0.3) is 0 Å². The van der Waals surface area contributed by atoms with Crippen molar-refractivity contribution in [3.8, 4) is 0 Å². The number of halogens is 1. The highest BCUT2D eigenvalue weighted by Crippen LogP contribution is 2.21. The summed E-state index contributed by atoms with van der Waals surface area (Å²) >= 11 is 6.05. The van der Waals surface area contributed by atoms with Gasteiger partial charge in [0.2, 0.25) is 0 Å². The first-order valence-electron chi connectivity index (χ1n) is 8.24. The van der Waals surface area contributed by atoms with E-state index in [1.54, 1.807) is 4.90 Å². The molecule has 2 rings (SSSR count). The van der Waals surface area contributed by atoms with Gasteiger partial charge in [0, 0.05) is 30.2 Å². The molecule has 1 aromatic rings. The van der Waals surface area contributed by atoms with Crippen LogP contribution in [0.4, 0.5) is 4.79 Å². The molecule has 1 N–H and O–H groups in total. The number of benzene rings is 1. The molecule has 0 bridgehead atoms. The lowest BCUT2D eigenvalue weighted by atomic mass is 10.0. The normalized spacial score (nSPS) is 17.9. The summed E-state index contributed by atoms with van der Waals surface area (Å²) < 4.78 is 5.43. The smallest absolute Gasteiger partial charge is 0.410 e. The zero-order valence-electron chi connectivity index (χ0n) is 14.4. The summed E-state index contributed by atoms with van der Waals surface area (Å²) in [5.41, 5.74) is 0.750. The predicted octanol–water partition coefficient (Wildman–Crippen LogP) is 4.39. The Hall–Kier alpha value is -1.26. The van der Waals surface area contributed by atoms with E-state index in [1.165, 1.54) is 5.56 Å². The zero-order valence-corrected chi connectivity index (χ0v) is 15.2. The Bertz CT molecular complexity index is 534. The highest BCUT2D eigenvalue weighted by molar-refractivity contribution is 6.30. The third-order valence-electron chi connectivity index (χ3n) is 3.98. The Labute approximate surface area is 144 Å². The molecule has 23 heavy (non-hydrogen) atoms. The van der Waals surface area contributed by atoms with Crippen LogP contribution in [0.2, 0.25) is 5.02 Å². The molecular weight excluding hydrogens is 312 g/mol. The van der Waals surface area contributed by atoms with Crippen LogP contribution < -0.4 is 5.32 Å². The molecule has 1 aliphatic heterocycles. The summed E-state index contributed by atoms with van der Waals surface area (Å²) in [6.45, 7) is 9.29. The van der Waals surface area contributed by atoms with Gasteiger partial charge in [0.05, 0.1) is 0 Å². The second kappa shape index (κ2) is 7.54. The molecule has 1 atom stereocenters. The van der Waals surface area contributed by atoms with Crippen molar-refractivity contribution in [1.82, 2.24) is 10.2 Å². The molecule has 1 amide bonds. The van der Waals surface area contributed by atoms with E-state index in [1.807, 2.05) is 39.0 Å². The standard InChI is InChI=1S/C18H27ClN2O2/c1-13(14-6-5-7-15(19)12-14)20-16-8-10-21(11-9-16)17(22)23-18(2,3)4/h5-7,12-13,16,20H,8-11H2,1-4H3/t13-/m0/s1. The van der Waals surface area contributed by atoms with Gasteiger partial charge in [-0.25, -0.2) is 4.79 Å². The third-order valence-corrected chi connectivity index (χ3v) is 4.22. The summed E-state index contributed by atoms with van der Waals surface area (Å²) in [5.74, 6) is 0. The highest BCUT2D eigenvalue weighted by atomic mass is 35.5. The minimum atomic E-state index is -0.437. The Morgan fingerprint density at radius 3 is 2.57 bits per heavy atom. The molecule has 5 heteroatoms. The number of piperidine rings is 1. The average molecular weight is 339 g/mol. The molecule has 0 radical (unpaired) electrons. The number of carbonyl (C=O) groups excluding carboxylic acids is 1. The lowest BCUT2D eigenvalue weighted by molar-refractivity contribution is 0.0196. The van der Waals surface area contributed by atoms with E-state index in [0.717, 1.165) is 31.0 Å². The Kier molecular flexibility index (Phi) is 5.93. The van der Waals surface area contributed by atoms with Crippen LogP contribution in [0, 0.1) is 0 Å². The summed E-state index contributed by atoms with van der Waals surface area (Å²) in [5, 5.41) is 4.39. The van der Waals surface area contributed by atoms with Gasteiger partial charge in [-0.1, -0.05) is 23.7 Å².